The van der Waals surface area contributed by atoms with Crippen molar-refractivity contribution in [3.63, 3.8) is 0 Å². The fraction of sp³-hybridized carbons (Fsp3) is 0.100. The number of hydrogen-bond donors (Lipinski definition) is 0. The maximum absolute atomic E-state index is 10.7. The monoisotopic (exact) mass is 191 g/mol. The highest BCUT2D eigenvalue weighted by molar-refractivity contribution is 5.86. The fourth-order valence-corrected chi connectivity index (χ4v) is 0.849. The van der Waals surface area contributed by atoms with Crippen molar-refractivity contribution in [1.29, 1.82) is 0 Å². The van der Waals surface area contributed by atoms with Gasteiger partial charge < -0.3 is 4.74 Å². The van der Waals surface area contributed by atoms with Crippen molar-refractivity contribution < 1.29 is 14.3 Å². The number of pyridine rings is 1. The maximum Gasteiger partial charge on any atom is 0.330 e. The van der Waals surface area contributed by atoms with Crippen molar-refractivity contribution in [2.75, 3.05) is 7.11 Å². The average molecular weight is 191 g/mol. The summed E-state index contributed by atoms with van der Waals surface area (Å²) in [5.41, 5.74) is 0.872. The van der Waals surface area contributed by atoms with Crippen molar-refractivity contribution in [2.45, 2.75) is 0 Å². The van der Waals surface area contributed by atoms with Gasteiger partial charge in [0.1, 0.15) is 5.69 Å². The summed E-state index contributed by atoms with van der Waals surface area (Å²) in [4.78, 5) is 25.0. The van der Waals surface area contributed by atoms with Gasteiger partial charge in [0.15, 0.2) is 6.29 Å². The summed E-state index contributed by atoms with van der Waals surface area (Å²) in [6, 6.07) is 4.96. The van der Waals surface area contributed by atoms with Crippen LogP contribution in [-0.2, 0) is 9.53 Å². The first-order valence-corrected chi connectivity index (χ1v) is 3.94. The lowest BCUT2D eigenvalue weighted by atomic mass is 10.3. The molecular weight excluding hydrogens is 182 g/mol. The van der Waals surface area contributed by atoms with Crippen LogP contribution in [-0.4, -0.2) is 24.3 Å². The Bertz CT molecular complexity index is 371. The molecule has 0 radical (unpaired) electrons. The van der Waals surface area contributed by atoms with Crippen LogP contribution in [0.1, 0.15) is 16.2 Å². The third-order valence-corrected chi connectivity index (χ3v) is 1.50. The number of methoxy groups -OCH3 is 1. The van der Waals surface area contributed by atoms with Gasteiger partial charge in [-0.2, -0.15) is 0 Å². The van der Waals surface area contributed by atoms with Gasteiger partial charge in [-0.1, -0.05) is 6.07 Å². The third-order valence-electron chi connectivity index (χ3n) is 1.50. The first-order chi connectivity index (χ1) is 6.76. The molecule has 0 N–H and O–H groups in total. The van der Waals surface area contributed by atoms with Crippen LogP contribution in [0.15, 0.2) is 24.3 Å². The molecule has 1 rings (SSSR count). The number of esters is 1. The molecule has 4 heteroatoms. The molecule has 0 aliphatic heterocycles. The molecule has 0 atom stereocenters. The Morgan fingerprint density at radius 2 is 2.14 bits per heavy atom. The standard InChI is InChI=1S/C10H9NO3/c1-14-10(13)6-5-8-3-2-4-9(7-12)11-8/h2-7H,1H3/b6-5+. The van der Waals surface area contributed by atoms with E-state index in [1.165, 1.54) is 19.3 Å². The van der Waals surface area contributed by atoms with Gasteiger partial charge in [-0.05, 0) is 18.2 Å². The number of aldehydes is 1. The van der Waals surface area contributed by atoms with Gasteiger partial charge >= 0.3 is 5.97 Å². The Balaban J connectivity index is 2.81. The summed E-state index contributed by atoms with van der Waals surface area (Å²) in [5, 5.41) is 0. The van der Waals surface area contributed by atoms with E-state index in [4.69, 9.17) is 0 Å². The minimum Gasteiger partial charge on any atom is -0.466 e. The molecule has 0 fully saturated rings. The van der Waals surface area contributed by atoms with Gasteiger partial charge in [-0.25, -0.2) is 9.78 Å². The smallest absolute Gasteiger partial charge is 0.330 e. The van der Waals surface area contributed by atoms with Crippen LogP contribution >= 0.6 is 0 Å². The van der Waals surface area contributed by atoms with Gasteiger partial charge in [-0.3, -0.25) is 4.79 Å². The summed E-state index contributed by atoms with van der Waals surface area (Å²) in [7, 11) is 1.29. The zero-order valence-corrected chi connectivity index (χ0v) is 7.64. The minimum atomic E-state index is -0.455. The number of nitrogens with zero attached hydrogens (tertiary/aromatic N) is 1. The van der Waals surface area contributed by atoms with Crippen molar-refractivity contribution in [3.8, 4) is 0 Å². The summed E-state index contributed by atoms with van der Waals surface area (Å²) in [6.45, 7) is 0. The molecule has 1 aromatic rings. The fourth-order valence-electron chi connectivity index (χ4n) is 0.849. The van der Waals surface area contributed by atoms with Crippen molar-refractivity contribution in [1.82, 2.24) is 4.98 Å². The van der Waals surface area contributed by atoms with Crippen LogP contribution in [0.3, 0.4) is 0 Å². The predicted molar refractivity (Wildman–Crippen MR) is 50.7 cm³/mol. The molecule has 0 bridgehead atoms. The Morgan fingerprint density at radius 1 is 1.43 bits per heavy atom. The molecule has 0 aliphatic carbocycles. The highest BCUT2D eigenvalue weighted by Crippen LogP contribution is 1.99. The van der Waals surface area contributed by atoms with Gasteiger partial charge in [0.05, 0.1) is 12.8 Å². The molecule has 0 spiro atoms. The minimum absolute atomic E-state index is 0.331. The molecule has 1 aromatic heterocycles. The first kappa shape index (κ1) is 10.1. The first-order valence-electron chi connectivity index (χ1n) is 3.94. The average Bonchev–Trinajstić information content (AvgIpc) is 2.26. The zero-order chi connectivity index (χ0) is 10.4. The van der Waals surface area contributed by atoms with Crippen molar-refractivity contribution in [3.05, 3.63) is 35.7 Å². The second-order valence-corrected chi connectivity index (χ2v) is 2.46. The van der Waals surface area contributed by atoms with E-state index >= 15 is 0 Å². The number of carbonyl (C=O) groups is 2. The van der Waals surface area contributed by atoms with E-state index in [9.17, 15) is 9.59 Å². The molecule has 0 amide bonds. The van der Waals surface area contributed by atoms with Gasteiger partial charge in [0, 0.05) is 6.08 Å². The molecule has 0 saturated carbocycles. The van der Waals surface area contributed by atoms with Crippen LogP contribution in [0.4, 0.5) is 0 Å². The van der Waals surface area contributed by atoms with E-state index in [1.54, 1.807) is 18.2 Å². The van der Waals surface area contributed by atoms with E-state index in [-0.39, 0.29) is 0 Å². The second kappa shape index (κ2) is 4.91. The van der Waals surface area contributed by atoms with E-state index in [0.717, 1.165) is 0 Å². The van der Waals surface area contributed by atoms with E-state index in [0.29, 0.717) is 17.7 Å². The highest BCUT2D eigenvalue weighted by atomic mass is 16.5. The van der Waals surface area contributed by atoms with Gasteiger partial charge in [0.2, 0.25) is 0 Å². The summed E-state index contributed by atoms with van der Waals surface area (Å²) < 4.78 is 4.41. The topological polar surface area (TPSA) is 56.3 Å². The van der Waals surface area contributed by atoms with Gasteiger partial charge in [0.25, 0.3) is 0 Å². The lowest BCUT2D eigenvalue weighted by molar-refractivity contribution is -0.134. The second-order valence-electron chi connectivity index (χ2n) is 2.46. The molecule has 0 saturated heterocycles. The predicted octanol–water partition coefficient (Wildman–Crippen LogP) is 1.08. The normalized spacial score (nSPS) is 10.1. The third kappa shape index (κ3) is 2.82. The van der Waals surface area contributed by atoms with Crippen molar-refractivity contribution >= 4 is 18.3 Å². The number of hydrogen-bond acceptors (Lipinski definition) is 4. The summed E-state index contributed by atoms with van der Waals surface area (Å²) in [6.07, 6.45) is 3.38. The Morgan fingerprint density at radius 3 is 2.79 bits per heavy atom. The molecule has 72 valence electrons. The Labute approximate surface area is 81.2 Å². The zero-order valence-electron chi connectivity index (χ0n) is 7.64. The summed E-state index contributed by atoms with van der Waals surface area (Å²) >= 11 is 0. The number of carbonyl (C=O) groups excluding carboxylic acids is 2. The largest absolute Gasteiger partial charge is 0.466 e. The lowest BCUT2D eigenvalue weighted by Gasteiger charge is -1.93. The van der Waals surface area contributed by atoms with Crippen molar-refractivity contribution in [2.24, 2.45) is 0 Å². The quantitative estimate of drug-likeness (QED) is 0.407. The van der Waals surface area contributed by atoms with E-state index < -0.39 is 5.97 Å². The van der Waals surface area contributed by atoms with E-state index in [2.05, 4.69) is 9.72 Å². The van der Waals surface area contributed by atoms with E-state index in [1.807, 2.05) is 0 Å². The summed E-state index contributed by atoms with van der Waals surface area (Å²) in [5.74, 6) is -0.455. The van der Waals surface area contributed by atoms with Crippen LogP contribution in [0.25, 0.3) is 6.08 Å². The molecule has 0 aliphatic rings. The SMILES string of the molecule is COC(=O)/C=C/c1cccc(C=O)n1. The molecule has 1 heterocycles. The number of ether oxygens (including phenoxy) is 1. The van der Waals surface area contributed by atoms with Crippen LogP contribution < -0.4 is 0 Å². The maximum atomic E-state index is 10.7. The van der Waals surface area contributed by atoms with Crippen LogP contribution in [0.5, 0.6) is 0 Å². The van der Waals surface area contributed by atoms with Crippen LogP contribution in [0, 0.1) is 0 Å². The molecule has 4 nitrogen and oxygen atoms in total. The van der Waals surface area contributed by atoms with Gasteiger partial charge in [-0.15, -0.1) is 0 Å². The number of rotatable bonds is 3. The highest BCUT2D eigenvalue weighted by Gasteiger charge is 1.94. The van der Waals surface area contributed by atoms with Crippen LogP contribution in [0.2, 0.25) is 0 Å². The molecular formula is C10H9NO3. The molecule has 0 unspecified atom stereocenters. The Kier molecular flexibility index (Phi) is 3.55. The number of aromatic nitrogens is 1. The molecule has 0 aromatic carbocycles. The lowest BCUT2D eigenvalue weighted by Crippen LogP contribution is -1.94. The molecule has 14 heavy (non-hydrogen) atoms. The Hall–Kier alpha value is -1.97.